The van der Waals surface area contributed by atoms with Gasteiger partial charge >= 0.3 is 42.0 Å². The number of phenolic OH excluding ortho intramolecular Hbond substituents is 1. The third kappa shape index (κ3) is 25.5. The minimum Gasteiger partial charge on any atom is -0.508 e. The smallest absolute Gasteiger partial charge is 0.508 e. The van der Waals surface area contributed by atoms with E-state index in [2.05, 4.69) is 24.5 Å². The first-order valence-electron chi connectivity index (χ1n) is 43.8. The van der Waals surface area contributed by atoms with Gasteiger partial charge in [0.05, 0.1) is 70.9 Å². The van der Waals surface area contributed by atoms with Crippen molar-refractivity contribution in [2.45, 2.75) is 361 Å². The molecule has 26 heteroatoms. The standard InChI is InChI=1S/C51H71N3O11.C42H55N3O9/c1-9-11-12-13-14-15-16-17-18-19-20-21-22-23-24-40(46(58)64-49(3,4)5)52-42(55)27-28-43(56)63-51(10-2)38-31-41-44-35(32-54(41)45(57)37(38)33-61-47(51)59)29-34-30-36(25-26-39(34)53-44)62-48(60)65-50(6,7)8;1-3-5-6-7-8-9-10-11-12-13-14-15-16-17-18-34(40(50)51)43-36(47)21-22-37(48)54-42(4-2)32-25-35-38-29(23-28-24-30(46)19-20-33(28)44-38)26-45(35)39(49)31(32)27-53-41(42)52/h25-26,29-31,40H,9-24,27-28,32-33H2,1-8H3,(H,52,55);19-20,23-25,34,46H,3-18,21-22,26-27H2,1-2H3,(H,43,47)(H,50,51)/t40?,51-;34?,42-/m00/s1. The molecule has 10 rings (SSSR count). The number of unbranched alkanes of at least 4 members (excludes halogenated alkanes) is 26. The Bertz CT molecular complexity index is 4700. The number of ether oxygens (including phenoxy) is 7. The number of fused-ring (bicyclic) bond motifs is 10. The number of carboxylic acid groups (broad SMARTS) is 1. The largest absolute Gasteiger partial charge is 0.514 e. The van der Waals surface area contributed by atoms with Crippen molar-refractivity contribution in [1.29, 1.82) is 0 Å². The number of esters is 5. The van der Waals surface area contributed by atoms with E-state index in [1.165, 1.54) is 134 Å². The summed E-state index contributed by atoms with van der Waals surface area (Å²) in [6.07, 6.45) is 31.8. The van der Waals surface area contributed by atoms with Crippen molar-refractivity contribution in [3.05, 3.63) is 115 Å². The van der Waals surface area contributed by atoms with Gasteiger partial charge in [-0.1, -0.05) is 207 Å². The predicted molar refractivity (Wildman–Crippen MR) is 451 cm³/mol. The lowest BCUT2D eigenvalue weighted by atomic mass is 9.85. The van der Waals surface area contributed by atoms with Crippen molar-refractivity contribution in [2.24, 2.45) is 0 Å². The predicted octanol–water partition coefficient (Wildman–Crippen LogP) is 18.0. The number of benzene rings is 2. The second kappa shape index (κ2) is 43.8. The molecule has 8 heterocycles. The first-order valence-corrected chi connectivity index (χ1v) is 43.8. The zero-order valence-electron chi connectivity index (χ0n) is 71.7. The van der Waals surface area contributed by atoms with Crippen LogP contribution in [0.15, 0.2) is 70.3 Å². The SMILES string of the molecule is CCCCCCCCCCCCCCCCC(NC(=O)CCC(=O)O[C@]1(CC)C(=O)OCc2c1cc1n(c2=O)Cc2cc3cc(O)ccc3nc2-1)C(=O)O.CCCCCCCCCCCCCCCCC(NC(=O)CCC(=O)O[C@]1(CC)C(=O)OCc2c1cc1n(c2=O)Cc2cc3cc(OC(=O)OC(C)(C)C)ccc3nc2-1)C(=O)OC(C)(C)C. The lowest BCUT2D eigenvalue weighted by molar-refractivity contribution is -0.189. The van der Waals surface area contributed by atoms with Crippen molar-refractivity contribution in [3.8, 4) is 34.3 Å². The molecule has 0 aliphatic carbocycles. The Morgan fingerprint density at radius 3 is 1.25 bits per heavy atom. The van der Waals surface area contributed by atoms with Crippen molar-refractivity contribution in [3.63, 3.8) is 0 Å². The highest BCUT2D eigenvalue weighted by atomic mass is 16.7. The Labute approximate surface area is 698 Å². The molecule has 2 aromatic carbocycles. The van der Waals surface area contributed by atoms with Crippen molar-refractivity contribution in [1.82, 2.24) is 29.7 Å². The van der Waals surface area contributed by atoms with Gasteiger partial charge < -0.3 is 63.1 Å². The average molecular weight is 1650 g/mol. The lowest BCUT2D eigenvalue weighted by Gasteiger charge is -2.35. The topological polar surface area (TPSA) is 353 Å². The number of carboxylic acids is 1. The van der Waals surface area contributed by atoms with Crippen LogP contribution in [-0.2, 0) is 104 Å². The highest BCUT2D eigenvalue weighted by Gasteiger charge is 2.52. The van der Waals surface area contributed by atoms with Crippen LogP contribution in [0, 0.1) is 0 Å². The maximum atomic E-state index is 14.1. The molecule has 0 bridgehead atoms. The molecule has 0 fully saturated rings. The Morgan fingerprint density at radius 1 is 0.479 bits per heavy atom. The number of cyclic esters (lactones) is 2. The first kappa shape index (κ1) is 92.9. The van der Waals surface area contributed by atoms with Crippen LogP contribution in [0.2, 0.25) is 0 Å². The molecule has 0 saturated heterocycles. The van der Waals surface area contributed by atoms with E-state index >= 15 is 0 Å². The molecule has 2 unspecified atom stereocenters. The quantitative estimate of drug-likeness (QED) is 0.0119. The number of aromatic hydroxyl groups is 1. The summed E-state index contributed by atoms with van der Waals surface area (Å²) < 4.78 is 42.0. The molecule has 4 aliphatic rings. The second-order valence-corrected chi connectivity index (χ2v) is 34.3. The maximum Gasteiger partial charge on any atom is 0.514 e. The van der Waals surface area contributed by atoms with Gasteiger partial charge in [0.25, 0.3) is 11.1 Å². The molecule has 2 amide bonds. The number of nitrogens with zero attached hydrogens (tertiary/aromatic N) is 4. The second-order valence-electron chi connectivity index (χ2n) is 34.3. The Hall–Kier alpha value is -10.0. The molecule has 26 nitrogen and oxygen atoms in total. The van der Waals surface area contributed by atoms with E-state index in [-0.39, 0.29) is 85.7 Å². The number of pyridine rings is 4. The van der Waals surface area contributed by atoms with E-state index in [0.717, 1.165) is 56.1 Å². The summed E-state index contributed by atoms with van der Waals surface area (Å²) in [7, 11) is 0. The number of nitrogens with one attached hydrogen (secondary N) is 2. The Balaban J connectivity index is 0.000000276. The maximum absolute atomic E-state index is 14.1. The molecule has 0 spiro atoms. The summed E-state index contributed by atoms with van der Waals surface area (Å²) in [4.78, 5) is 155. The van der Waals surface area contributed by atoms with Crippen LogP contribution >= 0.6 is 0 Å². The number of hydrogen-bond donors (Lipinski definition) is 4. The van der Waals surface area contributed by atoms with Crippen LogP contribution in [-0.4, -0.2) is 106 Å². The van der Waals surface area contributed by atoms with E-state index in [1.54, 1.807) is 107 Å². The highest BCUT2D eigenvalue weighted by Crippen LogP contribution is 2.44. The molecular weight excluding hydrogens is 1520 g/mol. The van der Waals surface area contributed by atoms with Crippen LogP contribution in [0.3, 0.4) is 0 Å². The minimum atomic E-state index is -1.95. The van der Waals surface area contributed by atoms with Crippen molar-refractivity contribution >= 4 is 75.6 Å². The van der Waals surface area contributed by atoms with Crippen LogP contribution in [0.25, 0.3) is 44.6 Å². The first-order chi connectivity index (χ1) is 56.9. The van der Waals surface area contributed by atoms with Gasteiger partial charge in [-0.25, -0.2) is 33.9 Å². The summed E-state index contributed by atoms with van der Waals surface area (Å²) in [6.45, 7) is 18.1. The molecule has 648 valence electrons. The van der Waals surface area contributed by atoms with Crippen LogP contribution < -0.4 is 26.5 Å². The number of carbonyl (C=O) groups is 9. The van der Waals surface area contributed by atoms with Gasteiger partial charge in [-0.15, -0.1) is 0 Å². The summed E-state index contributed by atoms with van der Waals surface area (Å²) in [5, 5.41) is 26.3. The third-order valence-electron chi connectivity index (χ3n) is 22.5. The number of aliphatic carboxylic acids is 1. The molecule has 4 N–H and O–H groups in total. The van der Waals surface area contributed by atoms with Crippen LogP contribution in [0.5, 0.6) is 11.5 Å². The monoisotopic (exact) mass is 1650 g/mol. The number of phenols is 1. The minimum absolute atomic E-state index is 0.0305. The lowest BCUT2D eigenvalue weighted by Crippen LogP contribution is -2.47. The molecule has 0 saturated carbocycles. The van der Waals surface area contributed by atoms with E-state index in [4.69, 9.17) is 43.1 Å². The fourth-order valence-electron chi connectivity index (χ4n) is 16.1. The average Bonchev–Trinajstić information content (AvgIpc) is 1.61. The summed E-state index contributed by atoms with van der Waals surface area (Å²) in [5.74, 6) is -5.80. The van der Waals surface area contributed by atoms with E-state index < -0.39 is 112 Å². The number of amides is 2. The Kier molecular flexibility index (Phi) is 34.2. The van der Waals surface area contributed by atoms with Crippen LogP contribution in [0.1, 0.15) is 334 Å². The molecule has 4 aliphatic heterocycles. The number of aromatic nitrogens is 4. The molecule has 4 aromatic heterocycles. The van der Waals surface area contributed by atoms with Gasteiger partial charge in [0, 0.05) is 45.9 Å². The summed E-state index contributed by atoms with van der Waals surface area (Å²) in [5.41, 5.74) is -0.753. The van der Waals surface area contributed by atoms with Gasteiger partial charge in [0.1, 0.15) is 48.0 Å². The van der Waals surface area contributed by atoms with Crippen molar-refractivity contribution in [2.75, 3.05) is 0 Å². The van der Waals surface area contributed by atoms with Crippen molar-refractivity contribution < 1.29 is 86.5 Å². The fourth-order valence-corrected chi connectivity index (χ4v) is 16.1. The zero-order valence-corrected chi connectivity index (χ0v) is 71.7. The normalized spacial score (nSPS) is 16.1. The summed E-state index contributed by atoms with van der Waals surface area (Å²) in [6, 6.07) is 14.8. The van der Waals surface area contributed by atoms with E-state index in [9.17, 15) is 63.0 Å². The Morgan fingerprint density at radius 2 is 0.857 bits per heavy atom. The van der Waals surface area contributed by atoms with Gasteiger partial charge in [0.15, 0.2) is 0 Å². The zero-order chi connectivity index (χ0) is 86.0. The molecule has 6 aromatic rings. The van der Waals surface area contributed by atoms with E-state index in [1.807, 2.05) is 12.1 Å². The fraction of sp³-hybridized carbons (Fsp3) is 0.602. The van der Waals surface area contributed by atoms with Gasteiger partial charge in [-0.2, -0.15) is 0 Å². The molecule has 119 heavy (non-hydrogen) atoms. The molecular formula is C93H126N6O20. The highest BCUT2D eigenvalue weighted by molar-refractivity contribution is 5.93. The van der Waals surface area contributed by atoms with E-state index in [0.29, 0.717) is 63.8 Å². The van der Waals surface area contributed by atoms with Gasteiger partial charge in [0.2, 0.25) is 23.0 Å². The number of rotatable bonds is 45. The van der Waals surface area contributed by atoms with Gasteiger partial charge in [-0.05, 0) is 128 Å². The molecule has 0 radical (unpaired) electrons. The number of carbonyl (C=O) groups excluding carboxylic acids is 8. The number of hydrogen-bond acceptors (Lipinski definition) is 21. The van der Waals surface area contributed by atoms with Crippen LogP contribution in [0.4, 0.5) is 4.79 Å². The third-order valence-corrected chi connectivity index (χ3v) is 22.5. The summed E-state index contributed by atoms with van der Waals surface area (Å²) >= 11 is 0. The molecule has 4 atom stereocenters. The van der Waals surface area contributed by atoms with Gasteiger partial charge in [-0.3, -0.25) is 28.8 Å².